The van der Waals surface area contributed by atoms with Crippen LogP contribution in [0.15, 0.2) is 36.9 Å². The largest absolute Gasteiger partial charge is 0.102 e. The van der Waals surface area contributed by atoms with Gasteiger partial charge < -0.3 is 0 Å². The molecular weight excluding hydrogens is 180 g/mol. The molecule has 0 fully saturated rings. The van der Waals surface area contributed by atoms with Crippen molar-refractivity contribution < 1.29 is 0 Å². The first-order valence-corrected chi connectivity index (χ1v) is 5.97. The highest BCUT2D eigenvalue weighted by Crippen LogP contribution is 2.24. The fourth-order valence-electron chi connectivity index (χ4n) is 1.94. The molecule has 0 N–H and O–H groups in total. The fraction of sp³-hybridized carbons (Fsp3) is 0.467. The van der Waals surface area contributed by atoms with E-state index in [0.717, 1.165) is 0 Å². The first-order chi connectivity index (χ1) is 7.27. The molecule has 1 unspecified atom stereocenters. The lowest BCUT2D eigenvalue weighted by Gasteiger charge is -2.13. The van der Waals surface area contributed by atoms with E-state index in [9.17, 15) is 0 Å². The van der Waals surface area contributed by atoms with Crippen molar-refractivity contribution in [3.63, 3.8) is 0 Å². The maximum atomic E-state index is 3.95. The summed E-state index contributed by atoms with van der Waals surface area (Å²) in [4.78, 5) is 0. The third-order valence-electron chi connectivity index (χ3n) is 2.87. The van der Waals surface area contributed by atoms with E-state index in [1.54, 1.807) is 0 Å². The minimum absolute atomic E-state index is 0.538. The predicted octanol–water partition coefficient (Wildman–Crippen LogP) is 4.84. The second kappa shape index (κ2) is 6.44. The highest BCUT2D eigenvalue weighted by molar-refractivity contribution is 5.27. The molecule has 82 valence electrons. The monoisotopic (exact) mass is 202 g/mol. The number of allylic oxidation sites excluding steroid dienone is 1. The molecule has 1 aromatic rings. The molecule has 0 bridgehead atoms. The Morgan fingerprint density at radius 3 is 2.73 bits per heavy atom. The quantitative estimate of drug-likeness (QED) is 0.457. The molecule has 0 aromatic heterocycles. The maximum absolute atomic E-state index is 3.95. The summed E-state index contributed by atoms with van der Waals surface area (Å²) in [6, 6.07) is 8.78. The Bertz CT molecular complexity index is 299. The van der Waals surface area contributed by atoms with E-state index in [4.69, 9.17) is 0 Å². The van der Waals surface area contributed by atoms with Gasteiger partial charge in [0, 0.05) is 5.92 Å². The molecule has 1 atom stereocenters. The Morgan fingerprint density at radius 2 is 2.13 bits per heavy atom. The van der Waals surface area contributed by atoms with Gasteiger partial charge in [0.2, 0.25) is 0 Å². The van der Waals surface area contributed by atoms with Gasteiger partial charge in [0.1, 0.15) is 0 Å². The molecule has 0 spiro atoms. The molecule has 0 heterocycles. The van der Waals surface area contributed by atoms with Crippen molar-refractivity contribution in [3.05, 3.63) is 48.0 Å². The van der Waals surface area contributed by atoms with Crippen molar-refractivity contribution in [1.29, 1.82) is 0 Å². The Kier molecular flexibility index (Phi) is 5.17. The van der Waals surface area contributed by atoms with E-state index < -0.39 is 0 Å². The van der Waals surface area contributed by atoms with Crippen molar-refractivity contribution in [2.75, 3.05) is 0 Å². The van der Waals surface area contributed by atoms with Crippen molar-refractivity contribution in [2.45, 2.75) is 45.4 Å². The van der Waals surface area contributed by atoms with E-state index in [1.807, 2.05) is 0 Å². The maximum Gasteiger partial charge on any atom is 0.00153 e. The van der Waals surface area contributed by atoms with Gasteiger partial charge in [0.25, 0.3) is 0 Å². The highest BCUT2D eigenvalue weighted by atomic mass is 14.1. The van der Waals surface area contributed by atoms with E-state index in [0.29, 0.717) is 5.92 Å². The molecule has 0 saturated heterocycles. The summed E-state index contributed by atoms with van der Waals surface area (Å²) in [5.74, 6) is 0.538. The summed E-state index contributed by atoms with van der Waals surface area (Å²) in [7, 11) is 0. The molecule has 0 aliphatic carbocycles. The van der Waals surface area contributed by atoms with E-state index in [2.05, 4.69) is 50.8 Å². The summed E-state index contributed by atoms with van der Waals surface area (Å²) in [6.45, 7) is 8.34. The summed E-state index contributed by atoms with van der Waals surface area (Å²) < 4.78 is 0. The van der Waals surface area contributed by atoms with Crippen LogP contribution >= 0.6 is 0 Å². The molecular formula is C15H22. The molecule has 0 amide bonds. The van der Waals surface area contributed by atoms with Gasteiger partial charge >= 0.3 is 0 Å². The summed E-state index contributed by atoms with van der Waals surface area (Å²) in [6.07, 6.45) is 7.25. The molecule has 1 aromatic carbocycles. The van der Waals surface area contributed by atoms with Crippen molar-refractivity contribution >= 4 is 0 Å². The average Bonchev–Trinajstić information content (AvgIpc) is 2.24. The minimum atomic E-state index is 0.538. The molecule has 0 radical (unpaired) electrons. The molecule has 15 heavy (non-hydrogen) atoms. The number of rotatable bonds is 6. The lowest BCUT2D eigenvalue weighted by atomic mass is 9.92. The number of hydrogen-bond acceptors (Lipinski definition) is 0. The van der Waals surface area contributed by atoms with Gasteiger partial charge in [-0.1, -0.05) is 62.1 Å². The second-order valence-electron chi connectivity index (χ2n) is 4.25. The number of benzene rings is 1. The lowest BCUT2D eigenvalue weighted by Crippen LogP contribution is -1.95. The topological polar surface area (TPSA) is 0 Å². The molecule has 0 saturated carbocycles. The third kappa shape index (κ3) is 3.91. The molecule has 1 rings (SSSR count). The first kappa shape index (κ1) is 12.0. The van der Waals surface area contributed by atoms with Crippen molar-refractivity contribution in [1.82, 2.24) is 0 Å². The van der Waals surface area contributed by atoms with Gasteiger partial charge in [-0.25, -0.2) is 0 Å². The smallest absolute Gasteiger partial charge is 0.00153 e. The van der Waals surface area contributed by atoms with Gasteiger partial charge in [-0.15, -0.1) is 6.58 Å². The van der Waals surface area contributed by atoms with Gasteiger partial charge in [-0.2, -0.15) is 0 Å². The number of aryl methyl sites for hydroxylation is 1. The molecule has 0 heteroatoms. The van der Waals surface area contributed by atoms with Crippen LogP contribution in [0.2, 0.25) is 0 Å². The van der Waals surface area contributed by atoms with Crippen LogP contribution in [0.4, 0.5) is 0 Å². The van der Waals surface area contributed by atoms with E-state index in [1.165, 1.54) is 36.8 Å². The first-order valence-electron chi connectivity index (χ1n) is 5.97. The zero-order chi connectivity index (χ0) is 11.1. The van der Waals surface area contributed by atoms with Crippen LogP contribution in [0, 0.1) is 6.92 Å². The van der Waals surface area contributed by atoms with Crippen LogP contribution in [0.3, 0.4) is 0 Å². The summed E-state index contributed by atoms with van der Waals surface area (Å²) >= 11 is 0. The van der Waals surface area contributed by atoms with Crippen molar-refractivity contribution in [2.24, 2.45) is 0 Å². The third-order valence-corrected chi connectivity index (χ3v) is 2.87. The SMILES string of the molecule is C=CC(CCCCC)c1cccc(C)c1. The predicted molar refractivity (Wildman–Crippen MR) is 68.3 cm³/mol. The summed E-state index contributed by atoms with van der Waals surface area (Å²) in [5, 5.41) is 0. The van der Waals surface area contributed by atoms with Crippen LogP contribution in [-0.2, 0) is 0 Å². The Labute approximate surface area is 94.0 Å². The van der Waals surface area contributed by atoms with Gasteiger partial charge in [0.05, 0.1) is 0 Å². The molecule has 0 aliphatic heterocycles. The Hall–Kier alpha value is -1.04. The van der Waals surface area contributed by atoms with Crippen LogP contribution in [0.25, 0.3) is 0 Å². The number of unbranched alkanes of at least 4 members (excludes halogenated alkanes) is 2. The van der Waals surface area contributed by atoms with E-state index >= 15 is 0 Å². The van der Waals surface area contributed by atoms with Crippen LogP contribution in [0.5, 0.6) is 0 Å². The highest BCUT2D eigenvalue weighted by Gasteiger charge is 2.06. The van der Waals surface area contributed by atoms with Crippen molar-refractivity contribution in [3.8, 4) is 0 Å². The number of hydrogen-bond donors (Lipinski definition) is 0. The van der Waals surface area contributed by atoms with E-state index in [-0.39, 0.29) is 0 Å². The Morgan fingerprint density at radius 1 is 1.33 bits per heavy atom. The van der Waals surface area contributed by atoms with Gasteiger partial charge in [-0.05, 0) is 18.9 Å². The lowest BCUT2D eigenvalue weighted by molar-refractivity contribution is 0.629. The fourth-order valence-corrected chi connectivity index (χ4v) is 1.94. The van der Waals surface area contributed by atoms with Crippen LogP contribution < -0.4 is 0 Å². The molecule has 0 aliphatic rings. The Balaban J connectivity index is 2.61. The molecule has 0 nitrogen and oxygen atoms in total. The van der Waals surface area contributed by atoms with Crippen LogP contribution in [0.1, 0.15) is 49.7 Å². The van der Waals surface area contributed by atoms with Gasteiger partial charge in [-0.3, -0.25) is 0 Å². The minimum Gasteiger partial charge on any atom is -0.102 e. The zero-order valence-corrected chi connectivity index (χ0v) is 10.00. The average molecular weight is 202 g/mol. The summed E-state index contributed by atoms with van der Waals surface area (Å²) in [5.41, 5.74) is 2.76. The second-order valence-corrected chi connectivity index (χ2v) is 4.25. The standard InChI is InChI=1S/C15H22/c1-4-6-7-10-14(5-2)15-11-8-9-13(3)12-15/h5,8-9,11-12,14H,2,4,6-7,10H2,1,3H3. The van der Waals surface area contributed by atoms with Crippen LogP contribution in [-0.4, -0.2) is 0 Å². The normalized spacial score (nSPS) is 12.4. The zero-order valence-electron chi connectivity index (χ0n) is 10.00. The van der Waals surface area contributed by atoms with Gasteiger partial charge in [0.15, 0.2) is 0 Å².